The maximum atomic E-state index is 6.10. The summed E-state index contributed by atoms with van der Waals surface area (Å²) in [4.78, 5) is 0. The van der Waals surface area contributed by atoms with E-state index in [0.717, 1.165) is 16.9 Å². The van der Waals surface area contributed by atoms with Crippen molar-refractivity contribution < 1.29 is 4.74 Å². The van der Waals surface area contributed by atoms with E-state index in [0.29, 0.717) is 23.2 Å². The van der Waals surface area contributed by atoms with E-state index < -0.39 is 0 Å². The Balaban J connectivity index is 2.09. The summed E-state index contributed by atoms with van der Waals surface area (Å²) in [6, 6.07) is 13.4. The van der Waals surface area contributed by atoms with Crippen LogP contribution in [-0.4, -0.2) is 5.54 Å². The summed E-state index contributed by atoms with van der Waals surface area (Å²) in [5, 5.41) is 4.88. The van der Waals surface area contributed by atoms with Gasteiger partial charge in [-0.2, -0.15) is 0 Å². The quantitative estimate of drug-likeness (QED) is 0.781. The van der Waals surface area contributed by atoms with Crippen molar-refractivity contribution in [2.24, 2.45) is 0 Å². The molecule has 1 N–H and O–H groups in total. The Morgan fingerprint density at radius 1 is 1.00 bits per heavy atom. The first-order valence-electron chi connectivity index (χ1n) is 7.24. The molecule has 0 aliphatic carbocycles. The summed E-state index contributed by atoms with van der Waals surface area (Å²) in [6.07, 6.45) is 0. The van der Waals surface area contributed by atoms with Gasteiger partial charge in [0.15, 0.2) is 0 Å². The predicted molar refractivity (Wildman–Crippen MR) is 93.8 cm³/mol. The third-order valence-corrected chi connectivity index (χ3v) is 3.59. The van der Waals surface area contributed by atoms with Crippen molar-refractivity contribution in [3.63, 3.8) is 0 Å². The Labute approximate surface area is 142 Å². The van der Waals surface area contributed by atoms with E-state index in [2.05, 4.69) is 26.1 Å². The van der Waals surface area contributed by atoms with Crippen LogP contribution in [0.3, 0.4) is 0 Å². The molecule has 2 aromatic carbocycles. The van der Waals surface area contributed by atoms with E-state index in [-0.39, 0.29) is 5.54 Å². The molecule has 2 nitrogen and oxygen atoms in total. The Kier molecular flexibility index (Phi) is 5.74. The van der Waals surface area contributed by atoms with Gasteiger partial charge in [0.1, 0.15) is 12.4 Å². The third kappa shape index (κ3) is 5.53. The number of benzene rings is 2. The number of ether oxygens (including phenoxy) is 1. The van der Waals surface area contributed by atoms with Gasteiger partial charge in [0.05, 0.1) is 0 Å². The van der Waals surface area contributed by atoms with E-state index in [1.54, 1.807) is 0 Å². The second-order valence-electron chi connectivity index (χ2n) is 6.27. The highest BCUT2D eigenvalue weighted by Crippen LogP contribution is 2.25. The molecule has 0 amide bonds. The maximum Gasteiger partial charge on any atom is 0.124 e. The molecule has 118 valence electrons. The lowest BCUT2D eigenvalue weighted by Gasteiger charge is -2.22. The summed E-state index contributed by atoms with van der Waals surface area (Å²) in [5.74, 6) is 0.834. The average molecular weight is 338 g/mol. The summed E-state index contributed by atoms with van der Waals surface area (Å²) in [7, 11) is 0. The van der Waals surface area contributed by atoms with Crippen LogP contribution in [0.25, 0.3) is 0 Å². The largest absolute Gasteiger partial charge is 0.489 e. The first-order chi connectivity index (χ1) is 10.3. The van der Waals surface area contributed by atoms with Crippen molar-refractivity contribution >= 4 is 23.2 Å². The molecule has 0 unspecified atom stereocenters. The van der Waals surface area contributed by atoms with Crippen molar-refractivity contribution in [2.75, 3.05) is 0 Å². The molecule has 0 saturated heterocycles. The van der Waals surface area contributed by atoms with E-state index in [9.17, 15) is 0 Å². The molecule has 0 radical (unpaired) electrons. The summed E-state index contributed by atoms with van der Waals surface area (Å²) in [5.41, 5.74) is 2.12. The third-order valence-electron chi connectivity index (χ3n) is 3.12. The lowest BCUT2D eigenvalue weighted by atomic mass is 10.1. The molecule has 22 heavy (non-hydrogen) atoms. The first-order valence-corrected chi connectivity index (χ1v) is 8.00. The Morgan fingerprint density at radius 3 is 2.41 bits per heavy atom. The van der Waals surface area contributed by atoms with Crippen LogP contribution in [0.15, 0.2) is 42.5 Å². The number of hydrogen-bond acceptors (Lipinski definition) is 2. The fraction of sp³-hybridized carbons (Fsp3) is 0.333. The molecule has 0 saturated carbocycles. The Hall–Kier alpha value is -1.22. The van der Waals surface area contributed by atoms with Crippen LogP contribution in [0, 0.1) is 0 Å². The summed E-state index contributed by atoms with van der Waals surface area (Å²) in [6.45, 7) is 7.57. The maximum absolute atomic E-state index is 6.10. The fourth-order valence-corrected chi connectivity index (χ4v) is 2.38. The fourth-order valence-electron chi connectivity index (χ4n) is 1.98. The Morgan fingerprint density at radius 2 is 1.73 bits per heavy atom. The van der Waals surface area contributed by atoms with Crippen molar-refractivity contribution in [1.29, 1.82) is 0 Å². The van der Waals surface area contributed by atoms with Gasteiger partial charge < -0.3 is 10.1 Å². The molecule has 0 spiro atoms. The van der Waals surface area contributed by atoms with Crippen LogP contribution < -0.4 is 10.1 Å². The molecule has 0 fully saturated rings. The molecule has 0 aliphatic rings. The molecular formula is C18H21Cl2NO. The van der Waals surface area contributed by atoms with Gasteiger partial charge in [-0.05, 0) is 56.7 Å². The normalized spacial score (nSPS) is 11.5. The van der Waals surface area contributed by atoms with Gasteiger partial charge in [0.25, 0.3) is 0 Å². The highest BCUT2D eigenvalue weighted by Gasteiger charge is 2.11. The average Bonchev–Trinajstić information content (AvgIpc) is 2.43. The van der Waals surface area contributed by atoms with Crippen LogP contribution in [0.4, 0.5) is 0 Å². The van der Waals surface area contributed by atoms with Gasteiger partial charge in [0, 0.05) is 27.7 Å². The molecule has 0 heterocycles. The molecule has 0 atom stereocenters. The SMILES string of the molecule is CC(C)(C)NCc1cc(Cl)ccc1OCc1cccc(Cl)c1. The zero-order chi connectivity index (χ0) is 16.2. The number of rotatable bonds is 5. The lowest BCUT2D eigenvalue weighted by Crippen LogP contribution is -2.35. The highest BCUT2D eigenvalue weighted by atomic mass is 35.5. The molecule has 2 aromatic rings. The smallest absolute Gasteiger partial charge is 0.124 e. The minimum absolute atomic E-state index is 0.0343. The lowest BCUT2D eigenvalue weighted by molar-refractivity contribution is 0.300. The van der Waals surface area contributed by atoms with Gasteiger partial charge in [0.2, 0.25) is 0 Å². The standard InChI is InChI=1S/C18H21Cl2NO/c1-18(2,3)21-11-14-10-16(20)7-8-17(14)22-12-13-5-4-6-15(19)9-13/h4-10,21H,11-12H2,1-3H3. The zero-order valence-electron chi connectivity index (χ0n) is 13.1. The van der Waals surface area contributed by atoms with Crippen LogP contribution >= 0.6 is 23.2 Å². The summed E-state index contributed by atoms with van der Waals surface area (Å²) >= 11 is 12.1. The predicted octanol–water partition coefficient (Wildman–Crippen LogP) is 5.46. The molecule has 0 aromatic heterocycles. The van der Waals surface area contributed by atoms with Crippen molar-refractivity contribution in [3.05, 3.63) is 63.6 Å². The van der Waals surface area contributed by atoms with Crippen molar-refractivity contribution in [2.45, 2.75) is 39.5 Å². The topological polar surface area (TPSA) is 21.3 Å². The van der Waals surface area contributed by atoms with Gasteiger partial charge in [-0.15, -0.1) is 0 Å². The molecule has 0 aliphatic heterocycles. The van der Waals surface area contributed by atoms with Crippen LogP contribution in [0.5, 0.6) is 5.75 Å². The molecule has 0 bridgehead atoms. The molecule has 4 heteroatoms. The molecular weight excluding hydrogens is 317 g/mol. The second kappa shape index (κ2) is 7.36. The van der Waals surface area contributed by atoms with Crippen LogP contribution in [-0.2, 0) is 13.2 Å². The van der Waals surface area contributed by atoms with Gasteiger partial charge in [-0.1, -0.05) is 35.3 Å². The van der Waals surface area contributed by atoms with E-state index in [4.69, 9.17) is 27.9 Å². The first kappa shape index (κ1) is 17.1. The monoisotopic (exact) mass is 337 g/mol. The minimum atomic E-state index is 0.0343. The second-order valence-corrected chi connectivity index (χ2v) is 7.15. The van der Waals surface area contributed by atoms with Crippen LogP contribution in [0.2, 0.25) is 10.0 Å². The summed E-state index contributed by atoms with van der Waals surface area (Å²) < 4.78 is 5.94. The molecule has 2 rings (SSSR count). The minimum Gasteiger partial charge on any atom is -0.489 e. The highest BCUT2D eigenvalue weighted by molar-refractivity contribution is 6.30. The van der Waals surface area contributed by atoms with E-state index in [1.165, 1.54) is 0 Å². The Bertz CT molecular complexity index is 635. The van der Waals surface area contributed by atoms with E-state index in [1.807, 2.05) is 42.5 Å². The number of hydrogen-bond donors (Lipinski definition) is 1. The van der Waals surface area contributed by atoms with Gasteiger partial charge in [-0.3, -0.25) is 0 Å². The van der Waals surface area contributed by atoms with E-state index >= 15 is 0 Å². The van der Waals surface area contributed by atoms with Gasteiger partial charge >= 0.3 is 0 Å². The van der Waals surface area contributed by atoms with Crippen molar-refractivity contribution in [3.8, 4) is 5.75 Å². The number of nitrogens with one attached hydrogen (secondary N) is 1. The van der Waals surface area contributed by atoms with Crippen molar-refractivity contribution in [1.82, 2.24) is 5.32 Å². The van der Waals surface area contributed by atoms with Crippen LogP contribution in [0.1, 0.15) is 31.9 Å². The zero-order valence-corrected chi connectivity index (χ0v) is 14.6. The van der Waals surface area contributed by atoms with Gasteiger partial charge in [-0.25, -0.2) is 0 Å². The number of halogens is 2.